The van der Waals surface area contributed by atoms with Gasteiger partial charge in [0.25, 0.3) is 0 Å². The average Bonchev–Trinajstić information content (AvgIpc) is 3.50. The molecule has 208 valence electrons. The summed E-state index contributed by atoms with van der Waals surface area (Å²) in [6.07, 6.45) is 2.08. The first-order valence-corrected chi connectivity index (χ1v) is 13.7. The Morgan fingerprint density at radius 2 is 1.73 bits per heavy atom. The van der Waals surface area contributed by atoms with Gasteiger partial charge in [0.15, 0.2) is 0 Å². The minimum Gasteiger partial charge on any atom is -0.497 e. The monoisotopic (exact) mass is 560 g/mol. The topological polar surface area (TPSA) is 70.1 Å². The molecule has 0 saturated carbocycles. The van der Waals surface area contributed by atoms with E-state index in [1.807, 2.05) is 65.6 Å². The molecule has 3 aromatic carbocycles. The van der Waals surface area contributed by atoms with Crippen LogP contribution in [0.3, 0.4) is 0 Å². The fourth-order valence-corrected chi connectivity index (χ4v) is 5.26. The van der Waals surface area contributed by atoms with E-state index < -0.39 is 0 Å². The Balaban J connectivity index is 1.53. The van der Waals surface area contributed by atoms with Crippen molar-refractivity contribution < 1.29 is 23.7 Å². The summed E-state index contributed by atoms with van der Waals surface area (Å²) in [7, 11) is 4.86. The second-order valence-electron chi connectivity index (χ2n) is 9.83. The number of ether oxygens (including phenoxy) is 4. The number of hydrogen-bond acceptors (Lipinski definition) is 6. The highest BCUT2D eigenvalue weighted by Gasteiger charge is 2.25. The van der Waals surface area contributed by atoms with Gasteiger partial charge in [0.1, 0.15) is 17.2 Å². The van der Waals surface area contributed by atoms with Gasteiger partial charge >= 0.3 is 0 Å². The van der Waals surface area contributed by atoms with Gasteiger partial charge < -0.3 is 23.8 Å². The van der Waals surface area contributed by atoms with Gasteiger partial charge in [-0.1, -0.05) is 17.7 Å². The lowest BCUT2D eigenvalue weighted by Gasteiger charge is -2.27. The largest absolute Gasteiger partial charge is 0.497 e. The van der Waals surface area contributed by atoms with Crippen LogP contribution in [0.25, 0.3) is 22.2 Å². The van der Waals surface area contributed by atoms with Crippen molar-refractivity contribution in [2.75, 3.05) is 34.5 Å². The molecule has 0 radical (unpaired) electrons. The Morgan fingerprint density at radius 1 is 0.950 bits per heavy atom. The number of benzene rings is 3. The first kappa shape index (κ1) is 27.7. The molecule has 0 bridgehead atoms. The lowest BCUT2D eigenvalue weighted by Crippen LogP contribution is -2.38. The molecule has 2 heterocycles. The average molecular weight is 561 g/mol. The van der Waals surface area contributed by atoms with Crippen LogP contribution in [0.1, 0.15) is 24.0 Å². The number of amides is 1. The number of rotatable bonds is 10. The lowest BCUT2D eigenvalue weighted by molar-refractivity contribution is -0.132. The first-order valence-electron chi connectivity index (χ1n) is 13.3. The molecule has 1 aliphatic heterocycles. The molecule has 1 unspecified atom stereocenters. The third kappa shape index (κ3) is 6.32. The summed E-state index contributed by atoms with van der Waals surface area (Å²) in [5, 5.41) is 1.58. The molecule has 1 amide bonds. The van der Waals surface area contributed by atoms with E-state index in [-0.39, 0.29) is 18.4 Å². The van der Waals surface area contributed by atoms with E-state index in [0.29, 0.717) is 36.2 Å². The van der Waals surface area contributed by atoms with Crippen molar-refractivity contribution in [1.82, 2.24) is 9.88 Å². The van der Waals surface area contributed by atoms with E-state index in [2.05, 4.69) is 6.07 Å². The molecule has 0 spiro atoms. The summed E-state index contributed by atoms with van der Waals surface area (Å²) in [5.74, 6) is 2.05. The summed E-state index contributed by atoms with van der Waals surface area (Å²) in [4.78, 5) is 20.8. The molecule has 1 saturated heterocycles. The smallest absolute Gasteiger partial charge is 0.227 e. The van der Waals surface area contributed by atoms with Gasteiger partial charge in [0, 0.05) is 41.2 Å². The number of carbonyl (C=O) groups excluding carboxylic acids is 1. The second-order valence-corrected chi connectivity index (χ2v) is 10.3. The van der Waals surface area contributed by atoms with Crippen molar-refractivity contribution in [2.24, 2.45) is 0 Å². The summed E-state index contributed by atoms with van der Waals surface area (Å²) in [5.41, 5.74) is 4.22. The molecule has 0 N–H and O–H groups in total. The maximum Gasteiger partial charge on any atom is 0.227 e. The highest BCUT2D eigenvalue weighted by atomic mass is 35.5. The summed E-state index contributed by atoms with van der Waals surface area (Å²) in [6.45, 7) is 1.58. The van der Waals surface area contributed by atoms with Crippen LogP contribution >= 0.6 is 11.6 Å². The van der Waals surface area contributed by atoms with Crippen LogP contribution in [0.2, 0.25) is 5.02 Å². The zero-order valence-electron chi connectivity index (χ0n) is 23.0. The van der Waals surface area contributed by atoms with Gasteiger partial charge in [-0.2, -0.15) is 0 Å². The minimum atomic E-state index is -0.0288. The third-order valence-electron chi connectivity index (χ3n) is 7.21. The summed E-state index contributed by atoms with van der Waals surface area (Å²) < 4.78 is 22.3. The van der Waals surface area contributed by atoms with Crippen molar-refractivity contribution in [3.63, 3.8) is 0 Å². The molecule has 8 heteroatoms. The Kier molecular flexibility index (Phi) is 8.72. The van der Waals surface area contributed by atoms with Gasteiger partial charge in [-0.25, -0.2) is 4.98 Å². The summed E-state index contributed by atoms with van der Waals surface area (Å²) >= 11 is 6.30. The highest BCUT2D eigenvalue weighted by Crippen LogP contribution is 2.31. The van der Waals surface area contributed by atoms with Gasteiger partial charge in [-0.15, -0.1) is 0 Å². The predicted octanol–water partition coefficient (Wildman–Crippen LogP) is 6.33. The molecule has 1 atom stereocenters. The van der Waals surface area contributed by atoms with E-state index in [1.54, 1.807) is 21.3 Å². The van der Waals surface area contributed by atoms with Crippen LogP contribution in [0.15, 0.2) is 66.7 Å². The van der Waals surface area contributed by atoms with E-state index in [0.717, 1.165) is 51.9 Å². The zero-order chi connectivity index (χ0) is 28.1. The molecular formula is C32H33ClN2O5. The predicted molar refractivity (Wildman–Crippen MR) is 156 cm³/mol. The molecular weight excluding hydrogens is 528 g/mol. The van der Waals surface area contributed by atoms with E-state index in [1.165, 1.54) is 0 Å². The van der Waals surface area contributed by atoms with Gasteiger partial charge in [-0.3, -0.25) is 4.79 Å². The number of hydrogen-bond donors (Lipinski definition) is 0. The van der Waals surface area contributed by atoms with Crippen molar-refractivity contribution in [1.29, 1.82) is 0 Å². The van der Waals surface area contributed by atoms with E-state index in [9.17, 15) is 4.79 Å². The fourth-order valence-electron chi connectivity index (χ4n) is 5.09. The Bertz CT molecular complexity index is 1490. The maximum atomic E-state index is 13.9. The maximum absolute atomic E-state index is 13.9. The number of methoxy groups -OCH3 is 3. The quantitative estimate of drug-likeness (QED) is 0.226. The molecule has 4 aromatic rings. The van der Waals surface area contributed by atoms with Crippen molar-refractivity contribution in [3.8, 4) is 28.5 Å². The molecule has 5 rings (SSSR count). The molecule has 1 fully saturated rings. The Labute approximate surface area is 239 Å². The van der Waals surface area contributed by atoms with E-state index >= 15 is 0 Å². The standard InChI is InChI=1S/C32H33ClN2O5/c1-37-26-10-7-21(8-11-26)32-24(15-22-6-9-25(33)18-29(22)34-32)19-35(20-28-5-4-14-40-28)31(36)17-23-16-27(38-2)12-13-30(23)39-3/h6-13,15-16,18,28H,4-5,14,17,19-20H2,1-3H3. The van der Waals surface area contributed by atoms with E-state index in [4.69, 9.17) is 35.5 Å². The van der Waals surface area contributed by atoms with Crippen LogP contribution in [-0.2, 0) is 22.5 Å². The lowest BCUT2D eigenvalue weighted by atomic mass is 10.0. The number of pyridine rings is 1. The van der Waals surface area contributed by atoms with Crippen molar-refractivity contribution in [2.45, 2.75) is 31.9 Å². The number of halogens is 1. The van der Waals surface area contributed by atoms with Crippen LogP contribution in [0.4, 0.5) is 0 Å². The Hall–Kier alpha value is -3.81. The van der Waals surface area contributed by atoms with Crippen LogP contribution in [-0.4, -0.2) is 56.4 Å². The molecule has 0 aliphatic carbocycles. The number of nitrogens with zero attached hydrogens (tertiary/aromatic N) is 2. The van der Waals surface area contributed by atoms with Crippen LogP contribution in [0.5, 0.6) is 17.2 Å². The molecule has 7 nitrogen and oxygen atoms in total. The molecule has 1 aromatic heterocycles. The normalized spacial score (nSPS) is 14.8. The van der Waals surface area contributed by atoms with Crippen LogP contribution in [0, 0.1) is 0 Å². The highest BCUT2D eigenvalue weighted by molar-refractivity contribution is 6.31. The van der Waals surface area contributed by atoms with Crippen molar-refractivity contribution >= 4 is 28.4 Å². The zero-order valence-corrected chi connectivity index (χ0v) is 23.7. The Morgan fingerprint density at radius 3 is 2.42 bits per heavy atom. The molecule has 40 heavy (non-hydrogen) atoms. The summed E-state index contributed by atoms with van der Waals surface area (Å²) in [6, 6.07) is 21.1. The number of fused-ring (bicyclic) bond motifs is 1. The second kappa shape index (κ2) is 12.6. The number of aromatic nitrogens is 1. The van der Waals surface area contributed by atoms with Gasteiger partial charge in [0.2, 0.25) is 5.91 Å². The van der Waals surface area contributed by atoms with Gasteiger partial charge in [-0.05, 0) is 79.1 Å². The van der Waals surface area contributed by atoms with Crippen LogP contribution < -0.4 is 14.2 Å². The van der Waals surface area contributed by atoms with Gasteiger partial charge in [0.05, 0.1) is 45.1 Å². The third-order valence-corrected chi connectivity index (χ3v) is 7.45. The fraction of sp³-hybridized carbons (Fsp3) is 0.312. The first-order chi connectivity index (χ1) is 19.5. The molecule has 1 aliphatic rings. The SMILES string of the molecule is COc1ccc(-c2nc3cc(Cl)ccc3cc2CN(CC2CCCO2)C(=O)Cc2cc(OC)ccc2OC)cc1. The van der Waals surface area contributed by atoms with Crippen molar-refractivity contribution in [3.05, 3.63) is 82.9 Å². The number of carbonyl (C=O) groups is 1. The minimum absolute atomic E-state index is 0.00665.